The Kier molecular flexibility index (Phi) is 4.74. The average Bonchev–Trinajstić information content (AvgIpc) is 2.28. The highest BCUT2D eigenvalue weighted by molar-refractivity contribution is 7.80. The van der Waals surface area contributed by atoms with Crippen molar-refractivity contribution in [1.82, 2.24) is 0 Å². The van der Waals surface area contributed by atoms with Gasteiger partial charge < -0.3 is 10.6 Å². The van der Waals surface area contributed by atoms with Gasteiger partial charge >= 0.3 is 0 Å². The van der Waals surface area contributed by atoms with E-state index in [9.17, 15) is 0 Å². The molecule has 0 aliphatic heterocycles. The monoisotopic (exact) mass is 236 g/mol. The molecule has 0 aliphatic carbocycles. The zero-order valence-corrected chi connectivity index (χ0v) is 11.1. The predicted octanol–water partition coefficient (Wildman–Crippen LogP) is 2.61. The molecule has 1 aromatic rings. The molecule has 3 heteroatoms. The van der Waals surface area contributed by atoms with E-state index in [4.69, 9.17) is 18.0 Å². The van der Waals surface area contributed by atoms with Crippen molar-refractivity contribution < 1.29 is 0 Å². The van der Waals surface area contributed by atoms with Crippen molar-refractivity contribution in [3.8, 4) is 0 Å². The van der Waals surface area contributed by atoms with Crippen LogP contribution in [0.25, 0.3) is 0 Å². The Bertz CT molecular complexity index is 345. The maximum absolute atomic E-state index is 5.61. The van der Waals surface area contributed by atoms with E-state index in [2.05, 4.69) is 50.1 Å². The quantitative estimate of drug-likeness (QED) is 0.797. The lowest BCUT2D eigenvalue weighted by Gasteiger charge is -2.23. The summed E-state index contributed by atoms with van der Waals surface area (Å²) in [6.45, 7) is 5.08. The van der Waals surface area contributed by atoms with E-state index < -0.39 is 0 Å². The van der Waals surface area contributed by atoms with Crippen LogP contribution in [0.1, 0.15) is 19.4 Å². The Balaban J connectivity index is 2.65. The lowest BCUT2D eigenvalue weighted by molar-refractivity contribution is 0.742. The number of benzene rings is 1. The summed E-state index contributed by atoms with van der Waals surface area (Å²) in [5, 5.41) is 0. The van der Waals surface area contributed by atoms with Crippen LogP contribution in [0.4, 0.5) is 5.69 Å². The minimum Gasteiger partial charge on any atom is -0.393 e. The summed E-state index contributed by atoms with van der Waals surface area (Å²) >= 11 is 4.98. The molecule has 1 rings (SSSR count). The van der Waals surface area contributed by atoms with Gasteiger partial charge in [-0.25, -0.2) is 0 Å². The molecule has 0 fully saturated rings. The maximum atomic E-state index is 5.61. The Morgan fingerprint density at radius 3 is 2.38 bits per heavy atom. The van der Waals surface area contributed by atoms with Crippen molar-refractivity contribution in [2.24, 2.45) is 11.7 Å². The van der Waals surface area contributed by atoms with Gasteiger partial charge in [0, 0.05) is 25.2 Å². The average molecular weight is 236 g/mol. The van der Waals surface area contributed by atoms with Gasteiger partial charge in [-0.2, -0.15) is 0 Å². The van der Waals surface area contributed by atoms with E-state index in [0.717, 1.165) is 13.0 Å². The summed E-state index contributed by atoms with van der Waals surface area (Å²) < 4.78 is 0. The van der Waals surface area contributed by atoms with Crippen LogP contribution in [0.15, 0.2) is 24.3 Å². The molecule has 0 aromatic heterocycles. The van der Waals surface area contributed by atoms with E-state index in [1.807, 2.05) is 0 Å². The van der Waals surface area contributed by atoms with Gasteiger partial charge in [-0.15, -0.1) is 0 Å². The number of anilines is 1. The first kappa shape index (κ1) is 13.0. The van der Waals surface area contributed by atoms with Crippen molar-refractivity contribution in [1.29, 1.82) is 0 Å². The fraction of sp³-hybridized carbons (Fsp3) is 0.462. The zero-order chi connectivity index (χ0) is 12.1. The molecule has 1 unspecified atom stereocenters. The number of nitrogens with zero attached hydrogens (tertiary/aromatic N) is 1. The highest BCUT2D eigenvalue weighted by Gasteiger charge is 2.09. The van der Waals surface area contributed by atoms with E-state index >= 15 is 0 Å². The highest BCUT2D eigenvalue weighted by Crippen LogP contribution is 2.15. The van der Waals surface area contributed by atoms with Gasteiger partial charge in [-0.3, -0.25) is 0 Å². The number of hydrogen-bond donors (Lipinski definition) is 1. The molecule has 1 aromatic carbocycles. The molecular formula is C13H20N2S. The molecule has 0 amide bonds. The van der Waals surface area contributed by atoms with E-state index in [1.165, 1.54) is 11.3 Å². The van der Waals surface area contributed by atoms with Crippen molar-refractivity contribution in [3.05, 3.63) is 29.8 Å². The first-order chi connectivity index (χ1) is 7.54. The second-order valence-electron chi connectivity index (χ2n) is 4.20. The standard InChI is InChI=1S/C13H20N2S/c1-4-11-5-7-12(8-6-11)15(3)9-10(2)13(14)16/h5-8,10H,4,9H2,1-3H3,(H2,14,16). The number of hydrogen-bond acceptors (Lipinski definition) is 2. The third kappa shape index (κ3) is 3.49. The molecule has 1 atom stereocenters. The topological polar surface area (TPSA) is 29.3 Å². The summed E-state index contributed by atoms with van der Waals surface area (Å²) in [7, 11) is 2.07. The van der Waals surface area contributed by atoms with Gasteiger partial charge in [-0.1, -0.05) is 38.2 Å². The van der Waals surface area contributed by atoms with Crippen LogP contribution in [0.3, 0.4) is 0 Å². The van der Waals surface area contributed by atoms with Crippen molar-refractivity contribution in [3.63, 3.8) is 0 Å². The molecule has 0 spiro atoms. The Hall–Kier alpha value is -1.09. The summed E-state index contributed by atoms with van der Waals surface area (Å²) in [5.41, 5.74) is 8.18. The van der Waals surface area contributed by atoms with Crippen LogP contribution in [-0.4, -0.2) is 18.6 Å². The lowest BCUT2D eigenvalue weighted by Crippen LogP contribution is -2.31. The fourth-order valence-corrected chi connectivity index (χ4v) is 1.67. The Labute approximate surface area is 103 Å². The fourth-order valence-electron chi connectivity index (χ4n) is 1.59. The van der Waals surface area contributed by atoms with E-state index in [0.29, 0.717) is 4.99 Å². The van der Waals surface area contributed by atoms with Crippen LogP contribution in [0.5, 0.6) is 0 Å². The minimum atomic E-state index is 0.242. The van der Waals surface area contributed by atoms with Gasteiger partial charge in [0.1, 0.15) is 0 Å². The van der Waals surface area contributed by atoms with Crippen molar-refractivity contribution in [2.75, 3.05) is 18.5 Å². The molecule has 0 saturated carbocycles. The predicted molar refractivity (Wildman–Crippen MR) is 75.0 cm³/mol. The molecule has 2 N–H and O–H groups in total. The highest BCUT2D eigenvalue weighted by atomic mass is 32.1. The Morgan fingerprint density at radius 2 is 1.94 bits per heavy atom. The normalized spacial score (nSPS) is 12.2. The molecule has 16 heavy (non-hydrogen) atoms. The zero-order valence-electron chi connectivity index (χ0n) is 10.2. The van der Waals surface area contributed by atoms with Gasteiger partial charge in [0.05, 0.1) is 4.99 Å². The van der Waals surface area contributed by atoms with Gasteiger partial charge in [0.2, 0.25) is 0 Å². The van der Waals surface area contributed by atoms with Gasteiger partial charge in [0.25, 0.3) is 0 Å². The summed E-state index contributed by atoms with van der Waals surface area (Å²) in [6, 6.07) is 8.62. The van der Waals surface area contributed by atoms with Crippen molar-refractivity contribution in [2.45, 2.75) is 20.3 Å². The SMILES string of the molecule is CCc1ccc(N(C)CC(C)C(N)=S)cc1. The van der Waals surface area contributed by atoms with Gasteiger partial charge in [-0.05, 0) is 24.1 Å². The molecule has 0 saturated heterocycles. The van der Waals surface area contributed by atoms with Crippen LogP contribution in [0.2, 0.25) is 0 Å². The van der Waals surface area contributed by atoms with Crippen LogP contribution in [-0.2, 0) is 6.42 Å². The Morgan fingerprint density at radius 1 is 1.38 bits per heavy atom. The molecule has 0 heterocycles. The number of rotatable bonds is 5. The maximum Gasteiger partial charge on any atom is 0.0773 e. The third-order valence-electron chi connectivity index (χ3n) is 2.82. The van der Waals surface area contributed by atoms with Crippen LogP contribution < -0.4 is 10.6 Å². The first-order valence-corrected chi connectivity index (χ1v) is 6.04. The molecule has 0 aliphatic rings. The molecule has 2 nitrogen and oxygen atoms in total. The summed E-state index contributed by atoms with van der Waals surface area (Å²) in [4.78, 5) is 2.76. The summed E-state index contributed by atoms with van der Waals surface area (Å²) in [5.74, 6) is 0.242. The number of nitrogens with two attached hydrogens (primary N) is 1. The van der Waals surface area contributed by atoms with Crippen LogP contribution >= 0.6 is 12.2 Å². The van der Waals surface area contributed by atoms with Crippen molar-refractivity contribution >= 4 is 22.9 Å². The molecule has 0 radical (unpaired) electrons. The molecular weight excluding hydrogens is 216 g/mol. The number of aryl methyl sites for hydroxylation is 1. The van der Waals surface area contributed by atoms with E-state index in [1.54, 1.807) is 0 Å². The largest absolute Gasteiger partial charge is 0.393 e. The second-order valence-corrected chi connectivity index (χ2v) is 4.68. The van der Waals surface area contributed by atoms with Gasteiger partial charge in [0.15, 0.2) is 0 Å². The minimum absolute atomic E-state index is 0.242. The lowest BCUT2D eigenvalue weighted by atomic mass is 10.1. The third-order valence-corrected chi connectivity index (χ3v) is 3.22. The summed E-state index contributed by atoms with van der Waals surface area (Å²) in [6.07, 6.45) is 1.08. The number of thiocarbonyl (C=S) groups is 1. The molecule has 88 valence electrons. The second kappa shape index (κ2) is 5.85. The molecule has 0 bridgehead atoms. The van der Waals surface area contributed by atoms with Crippen LogP contribution in [0, 0.1) is 5.92 Å². The smallest absolute Gasteiger partial charge is 0.0773 e. The first-order valence-electron chi connectivity index (χ1n) is 5.64. The van der Waals surface area contributed by atoms with E-state index in [-0.39, 0.29) is 5.92 Å².